The second-order valence-corrected chi connectivity index (χ2v) is 8.51. The summed E-state index contributed by atoms with van der Waals surface area (Å²) in [6.45, 7) is 1.77. The predicted molar refractivity (Wildman–Crippen MR) is 73.4 cm³/mol. The second kappa shape index (κ2) is 5.36. The topological polar surface area (TPSA) is 63.4 Å². The fourth-order valence-corrected chi connectivity index (χ4v) is 4.62. The van der Waals surface area contributed by atoms with Crippen LogP contribution >= 0.6 is 27.3 Å². The summed E-state index contributed by atoms with van der Waals surface area (Å²) in [6.07, 6.45) is 1.97. The Morgan fingerprint density at radius 3 is 2.88 bits per heavy atom. The van der Waals surface area contributed by atoms with Crippen molar-refractivity contribution in [1.29, 1.82) is 0 Å². The Hall–Kier alpha value is 0.0500. The molecule has 1 saturated heterocycles. The van der Waals surface area contributed by atoms with Crippen molar-refractivity contribution in [3.63, 3.8) is 0 Å². The van der Waals surface area contributed by atoms with Crippen LogP contribution in [-0.4, -0.2) is 31.7 Å². The normalized spacial score (nSPS) is 22.1. The van der Waals surface area contributed by atoms with Gasteiger partial charge < -0.3 is 0 Å². The van der Waals surface area contributed by atoms with E-state index < -0.39 is 10.0 Å². The molecule has 1 unspecified atom stereocenters. The summed E-state index contributed by atoms with van der Waals surface area (Å²) < 4.78 is 23.4. The van der Waals surface area contributed by atoms with Gasteiger partial charge in [-0.2, -0.15) is 0 Å². The molecule has 0 amide bonds. The fraction of sp³-hybridized carbons (Fsp3) is 0.600. The number of thiophene rings is 1. The van der Waals surface area contributed by atoms with Crippen LogP contribution in [0, 0.1) is 0 Å². The van der Waals surface area contributed by atoms with Gasteiger partial charge in [-0.15, -0.1) is 11.3 Å². The van der Waals surface area contributed by atoms with E-state index in [0.29, 0.717) is 0 Å². The molecule has 0 saturated carbocycles. The number of likely N-dealkylation sites (tertiary alicyclic amines) is 1. The molecular weight excluding hydrogens is 324 g/mol. The highest BCUT2D eigenvalue weighted by Gasteiger charge is 2.27. The molecule has 96 valence electrons. The van der Waals surface area contributed by atoms with Crippen LogP contribution in [0.2, 0.25) is 0 Å². The third kappa shape index (κ3) is 4.03. The van der Waals surface area contributed by atoms with Gasteiger partial charge in [0.25, 0.3) is 0 Å². The molecule has 1 fully saturated rings. The molecule has 0 aromatic carbocycles. The van der Waals surface area contributed by atoms with Crippen molar-refractivity contribution in [2.75, 3.05) is 12.3 Å². The third-order valence-electron chi connectivity index (χ3n) is 2.91. The lowest BCUT2D eigenvalue weighted by molar-refractivity contribution is 0.264. The Kier molecular flexibility index (Phi) is 4.25. The predicted octanol–water partition coefficient (Wildman–Crippen LogP) is 1.76. The van der Waals surface area contributed by atoms with E-state index in [0.717, 1.165) is 29.7 Å². The van der Waals surface area contributed by atoms with Gasteiger partial charge in [-0.3, -0.25) is 4.90 Å². The average Bonchev–Trinajstić information content (AvgIpc) is 2.75. The SMILES string of the molecule is NS(=O)(=O)CC1CCCN1Cc1ccc(Br)s1. The largest absolute Gasteiger partial charge is 0.294 e. The summed E-state index contributed by atoms with van der Waals surface area (Å²) in [5, 5.41) is 5.12. The Labute approximate surface area is 114 Å². The molecule has 7 heteroatoms. The molecule has 17 heavy (non-hydrogen) atoms. The average molecular weight is 339 g/mol. The Bertz CT molecular complexity index is 486. The summed E-state index contributed by atoms with van der Waals surface area (Å²) in [4.78, 5) is 3.46. The summed E-state index contributed by atoms with van der Waals surface area (Å²) >= 11 is 5.12. The maximum Gasteiger partial charge on any atom is 0.210 e. The van der Waals surface area contributed by atoms with E-state index in [-0.39, 0.29) is 11.8 Å². The molecule has 1 aliphatic rings. The molecule has 2 N–H and O–H groups in total. The van der Waals surface area contributed by atoms with E-state index in [1.807, 2.05) is 6.07 Å². The maximum atomic E-state index is 11.1. The molecule has 0 radical (unpaired) electrons. The monoisotopic (exact) mass is 338 g/mol. The second-order valence-electron chi connectivity index (χ2n) is 4.30. The van der Waals surface area contributed by atoms with Crippen molar-refractivity contribution in [3.05, 3.63) is 20.8 Å². The number of nitrogens with two attached hydrogens (primary N) is 1. The summed E-state index contributed by atoms with van der Waals surface area (Å²) in [7, 11) is -3.38. The minimum Gasteiger partial charge on any atom is -0.294 e. The zero-order valence-electron chi connectivity index (χ0n) is 9.30. The van der Waals surface area contributed by atoms with E-state index in [1.54, 1.807) is 11.3 Å². The van der Waals surface area contributed by atoms with Crippen LogP contribution in [0.15, 0.2) is 15.9 Å². The first kappa shape index (κ1) is 13.5. The lowest BCUT2D eigenvalue weighted by Gasteiger charge is -2.22. The molecule has 0 aliphatic carbocycles. The van der Waals surface area contributed by atoms with Crippen molar-refractivity contribution >= 4 is 37.3 Å². The van der Waals surface area contributed by atoms with Crippen LogP contribution in [0.5, 0.6) is 0 Å². The molecule has 0 spiro atoms. The van der Waals surface area contributed by atoms with Gasteiger partial charge in [0.05, 0.1) is 9.54 Å². The standard InChI is InChI=1S/C10H15BrN2O2S2/c11-10-4-3-9(16-10)6-13-5-1-2-8(13)7-17(12,14)15/h3-4,8H,1-2,5-7H2,(H2,12,14,15). The van der Waals surface area contributed by atoms with Gasteiger partial charge in [-0.25, -0.2) is 13.6 Å². The molecule has 1 aromatic heterocycles. The number of halogens is 1. The van der Waals surface area contributed by atoms with Gasteiger partial charge in [0, 0.05) is 17.5 Å². The van der Waals surface area contributed by atoms with E-state index in [1.165, 1.54) is 4.88 Å². The Morgan fingerprint density at radius 2 is 2.29 bits per heavy atom. The van der Waals surface area contributed by atoms with Crippen molar-refractivity contribution < 1.29 is 8.42 Å². The quantitative estimate of drug-likeness (QED) is 0.909. The number of hydrogen-bond acceptors (Lipinski definition) is 4. The van der Waals surface area contributed by atoms with Gasteiger partial charge in [-0.05, 0) is 47.4 Å². The lowest BCUT2D eigenvalue weighted by atomic mass is 10.2. The minimum absolute atomic E-state index is 0.0690. The Morgan fingerprint density at radius 1 is 1.53 bits per heavy atom. The first-order valence-corrected chi connectivity index (χ1v) is 8.75. The van der Waals surface area contributed by atoms with E-state index >= 15 is 0 Å². The summed E-state index contributed by atoms with van der Waals surface area (Å²) in [6, 6.07) is 4.16. The lowest BCUT2D eigenvalue weighted by Crippen LogP contribution is -2.36. The molecule has 2 rings (SSSR count). The minimum atomic E-state index is -3.38. The third-order valence-corrected chi connectivity index (χ3v) is 5.37. The zero-order valence-corrected chi connectivity index (χ0v) is 12.5. The number of hydrogen-bond donors (Lipinski definition) is 1. The molecule has 0 bridgehead atoms. The highest BCUT2D eigenvalue weighted by atomic mass is 79.9. The van der Waals surface area contributed by atoms with Crippen LogP contribution in [0.3, 0.4) is 0 Å². The van der Waals surface area contributed by atoms with Crippen LogP contribution in [0.25, 0.3) is 0 Å². The smallest absolute Gasteiger partial charge is 0.210 e. The van der Waals surface area contributed by atoms with E-state index in [2.05, 4.69) is 26.9 Å². The maximum absolute atomic E-state index is 11.1. The van der Waals surface area contributed by atoms with Crippen LogP contribution in [-0.2, 0) is 16.6 Å². The van der Waals surface area contributed by atoms with Crippen LogP contribution in [0.4, 0.5) is 0 Å². The highest BCUT2D eigenvalue weighted by Crippen LogP contribution is 2.26. The molecular formula is C10H15BrN2O2S2. The number of nitrogens with zero attached hydrogens (tertiary/aromatic N) is 1. The first-order chi connectivity index (χ1) is 7.94. The molecule has 1 aromatic rings. The number of rotatable bonds is 4. The Balaban J connectivity index is 2.00. The van der Waals surface area contributed by atoms with E-state index in [9.17, 15) is 8.42 Å². The van der Waals surface area contributed by atoms with Gasteiger partial charge in [0.15, 0.2) is 0 Å². The summed E-state index contributed by atoms with van der Waals surface area (Å²) in [5.41, 5.74) is 0. The van der Waals surface area contributed by atoms with Crippen molar-refractivity contribution in [2.24, 2.45) is 5.14 Å². The molecule has 4 nitrogen and oxygen atoms in total. The van der Waals surface area contributed by atoms with Gasteiger partial charge in [0.1, 0.15) is 0 Å². The molecule has 2 heterocycles. The fourth-order valence-electron chi connectivity index (χ4n) is 2.20. The van der Waals surface area contributed by atoms with E-state index in [4.69, 9.17) is 5.14 Å². The molecule has 1 aliphatic heterocycles. The van der Waals surface area contributed by atoms with Crippen molar-refractivity contribution in [3.8, 4) is 0 Å². The van der Waals surface area contributed by atoms with Crippen LogP contribution < -0.4 is 5.14 Å². The number of primary sulfonamides is 1. The van der Waals surface area contributed by atoms with Gasteiger partial charge in [-0.1, -0.05) is 0 Å². The van der Waals surface area contributed by atoms with Gasteiger partial charge >= 0.3 is 0 Å². The van der Waals surface area contributed by atoms with Crippen molar-refractivity contribution in [1.82, 2.24) is 4.90 Å². The van der Waals surface area contributed by atoms with Crippen molar-refractivity contribution in [2.45, 2.75) is 25.4 Å². The summed E-state index contributed by atoms with van der Waals surface area (Å²) in [5.74, 6) is 0.0690. The molecule has 1 atom stereocenters. The number of sulfonamides is 1. The first-order valence-electron chi connectivity index (χ1n) is 5.43. The zero-order chi connectivity index (χ0) is 12.5. The van der Waals surface area contributed by atoms with Gasteiger partial charge in [0.2, 0.25) is 10.0 Å². The highest BCUT2D eigenvalue weighted by molar-refractivity contribution is 9.11. The van der Waals surface area contributed by atoms with Crippen LogP contribution in [0.1, 0.15) is 17.7 Å².